The molecule has 0 aliphatic heterocycles. The number of methoxy groups -OCH3 is 1. The zero-order valence-electron chi connectivity index (χ0n) is 12.5. The standard InChI is InChI=1S/C17H20N2O3/c1-21-10-9-19-17(20)14-7-8-16(15(18)11-14)22-12-13-5-3-2-4-6-13/h2-8,11H,9-10,12,18H2,1H3,(H,19,20). The lowest BCUT2D eigenvalue weighted by Gasteiger charge is -2.11. The molecule has 0 unspecified atom stereocenters. The average molecular weight is 300 g/mol. The highest BCUT2D eigenvalue weighted by molar-refractivity contribution is 5.95. The van der Waals surface area contributed by atoms with E-state index in [1.807, 2.05) is 30.3 Å². The van der Waals surface area contributed by atoms with Crippen LogP contribution in [0, 0.1) is 0 Å². The summed E-state index contributed by atoms with van der Waals surface area (Å²) in [5.41, 5.74) is 7.95. The highest BCUT2D eigenvalue weighted by Crippen LogP contribution is 2.23. The molecule has 1 amide bonds. The van der Waals surface area contributed by atoms with Gasteiger partial charge in [0.1, 0.15) is 12.4 Å². The predicted molar refractivity (Wildman–Crippen MR) is 85.8 cm³/mol. The molecular formula is C17H20N2O3. The topological polar surface area (TPSA) is 73.6 Å². The third-order valence-electron chi connectivity index (χ3n) is 3.10. The number of benzene rings is 2. The molecule has 3 N–H and O–H groups in total. The Bertz CT molecular complexity index is 615. The molecule has 22 heavy (non-hydrogen) atoms. The van der Waals surface area contributed by atoms with Gasteiger partial charge in [-0.3, -0.25) is 4.79 Å². The first-order valence-electron chi connectivity index (χ1n) is 7.04. The monoisotopic (exact) mass is 300 g/mol. The lowest BCUT2D eigenvalue weighted by molar-refractivity contribution is 0.0937. The van der Waals surface area contributed by atoms with Crippen LogP contribution in [-0.2, 0) is 11.3 Å². The third kappa shape index (κ3) is 4.49. The van der Waals surface area contributed by atoms with Crippen molar-refractivity contribution < 1.29 is 14.3 Å². The Labute approximate surface area is 130 Å². The van der Waals surface area contributed by atoms with Crippen LogP contribution in [0.1, 0.15) is 15.9 Å². The lowest BCUT2D eigenvalue weighted by atomic mass is 10.1. The van der Waals surface area contributed by atoms with Crippen LogP contribution in [0.2, 0.25) is 0 Å². The molecule has 0 bridgehead atoms. The minimum atomic E-state index is -0.182. The van der Waals surface area contributed by atoms with Crippen LogP contribution in [0.3, 0.4) is 0 Å². The van der Waals surface area contributed by atoms with Crippen molar-refractivity contribution in [2.75, 3.05) is 26.0 Å². The van der Waals surface area contributed by atoms with E-state index in [9.17, 15) is 4.79 Å². The molecular weight excluding hydrogens is 280 g/mol. The second kappa shape index (κ2) is 8.05. The summed E-state index contributed by atoms with van der Waals surface area (Å²) in [5, 5.41) is 2.74. The fourth-order valence-electron chi connectivity index (χ4n) is 1.93. The quantitative estimate of drug-likeness (QED) is 0.607. The maximum Gasteiger partial charge on any atom is 0.251 e. The highest BCUT2D eigenvalue weighted by atomic mass is 16.5. The van der Waals surface area contributed by atoms with E-state index >= 15 is 0 Å². The SMILES string of the molecule is COCCNC(=O)c1ccc(OCc2ccccc2)c(N)c1. The van der Waals surface area contributed by atoms with Gasteiger partial charge in [0.15, 0.2) is 0 Å². The summed E-state index contributed by atoms with van der Waals surface area (Å²) in [6.45, 7) is 1.37. The van der Waals surface area contributed by atoms with Crippen molar-refractivity contribution in [3.05, 3.63) is 59.7 Å². The van der Waals surface area contributed by atoms with E-state index in [-0.39, 0.29) is 5.91 Å². The Morgan fingerprint density at radius 3 is 2.64 bits per heavy atom. The summed E-state index contributed by atoms with van der Waals surface area (Å²) in [7, 11) is 1.59. The van der Waals surface area contributed by atoms with Crippen LogP contribution in [0.15, 0.2) is 48.5 Å². The summed E-state index contributed by atoms with van der Waals surface area (Å²) in [6.07, 6.45) is 0. The number of rotatable bonds is 7. The van der Waals surface area contributed by atoms with Crippen LogP contribution in [-0.4, -0.2) is 26.2 Å². The number of carbonyl (C=O) groups excluding carboxylic acids is 1. The molecule has 5 heteroatoms. The number of nitrogens with one attached hydrogen (secondary N) is 1. The Morgan fingerprint density at radius 1 is 1.18 bits per heavy atom. The van der Waals surface area contributed by atoms with Crippen molar-refractivity contribution in [1.29, 1.82) is 0 Å². The van der Waals surface area contributed by atoms with E-state index in [1.54, 1.807) is 25.3 Å². The maximum atomic E-state index is 11.9. The van der Waals surface area contributed by atoms with E-state index in [0.717, 1.165) is 5.56 Å². The molecule has 0 radical (unpaired) electrons. The summed E-state index contributed by atoms with van der Waals surface area (Å²) in [5.74, 6) is 0.385. The van der Waals surface area contributed by atoms with Gasteiger partial charge in [0.05, 0.1) is 12.3 Å². The van der Waals surface area contributed by atoms with E-state index < -0.39 is 0 Å². The van der Waals surface area contributed by atoms with Gasteiger partial charge in [0.2, 0.25) is 0 Å². The summed E-state index contributed by atoms with van der Waals surface area (Å²) in [6, 6.07) is 14.8. The third-order valence-corrected chi connectivity index (χ3v) is 3.10. The molecule has 116 valence electrons. The molecule has 0 aliphatic rings. The highest BCUT2D eigenvalue weighted by Gasteiger charge is 2.08. The second-order valence-corrected chi connectivity index (χ2v) is 4.78. The van der Waals surface area contributed by atoms with Gasteiger partial charge in [-0.05, 0) is 23.8 Å². The van der Waals surface area contributed by atoms with Crippen molar-refractivity contribution in [1.82, 2.24) is 5.32 Å². The molecule has 2 rings (SSSR count). The molecule has 0 aromatic heterocycles. The van der Waals surface area contributed by atoms with Crippen LogP contribution in [0.4, 0.5) is 5.69 Å². The summed E-state index contributed by atoms with van der Waals surface area (Å²) >= 11 is 0. The fourth-order valence-corrected chi connectivity index (χ4v) is 1.93. The summed E-state index contributed by atoms with van der Waals surface area (Å²) in [4.78, 5) is 11.9. The Kier molecular flexibility index (Phi) is 5.80. The largest absolute Gasteiger partial charge is 0.487 e. The minimum Gasteiger partial charge on any atom is -0.487 e. The zero-order valence-corrected chi connectivity index (χ0v) is 12.5. The van der Waals surface area contributed by atoms with E-state index in [4.69, 9.17) is 15.2 Å². The Hall–Kier alpha value is -2.53. The van der Waals surface area contributed by atoms with E-state index in [0.29, 0.717) is 36.8 Å². The number of ether oxygens (including phenoxy) is 2. The average Bonchev–Trinajstić information content (AvgIpc) is 2.54. The summed E-state index contributed by atoms with van der Waals surface area (Å²) < 4.78 is 10.6. The van der Waals surface area contributed by atoms with Crippen molar-refractivity contribution in [2.24, 2.45) is 0 Å². The van der Waals surface area contributed by atoms with Gasteiger partial charge in [0.25, 0.3) is 5.91 Å². The van der Waals surface area contributed by atoms with E-state index in [1.165, 1.54) is 0 Å². The number of nitrogens with two attached hydrogens (primary N) is 1. The van der Waals surface area contributed by atoms with Gasteiger partial charge < -0.3 is 20.5 Å². The van der Waals surface area contributed by atoms with Gasteiger partial charge in [-0.1, -0.05) is 30.3 Å². The molecule has 0 saturated carbocycles. The molecule has 0 heterocycles. The van der Waals surface area contributed by atoms with Gasteiger partial charge in [-0.15, -0.1) is 0 Å². The fraction of sp³-hybridized carbons (Fsp3) is 0.235. The van der Waals surface area contributed by atoms with Crippen molar-refractivity contribution in [3.8, 4) is 5.75 Å². The van der Waals surface area contributed by atoms with Crippen molar-refractivity contribution >= 4 is 11.6 Å². The van der Waals surface area contributed by atoms with Gasteiger partial charge in [-0.2, -0.15) is 0 Å². The second-order valence-electron chi connectivity index (χ2n) is 4.78. The van der Waals surface area contributed by atoms with Gasteiger partial charge >= 0.3 is 0 Å². The van der Waals surface area contributed by atoms with Crippen LogP contribution < -0.4 is 15.8 Å². The molecule has 0 fully saturated rings. The molecule has 5 nitrogen and oxygen atoms in total. The van der Waals surface area contributed by atoms with Crippen LogP contribution in [0.25, 0.3) is 0 Å². The predicted octanol–water partition coefficient (Wildman–Crippen LogP) is 2.22. The Morgan fingerprint density at radius 2 is 1.95 bits per heavy atom. The maximum absolute atomic E-state index is 11.9. The van der Waals surface area contributed by atoms with Gasteiger partial charge in [0, 0.05) is 19.2 Å². The number of hydrogen-bond donors (Lipinski definition) is 2. The number of carbonyl (C=O) groups is 1. The molecule has 0 saturated heterocycles. The number of amides is 1. The smallest absolute Gasteiger partial charge is 0.251 e. The molecule has 2 aromatic carbocycles. The van der Waals surface area contributed by atoms with Crippen LogP contribution in [0.5, 0.6) is 5.75 Å². The first kappa shape index (κ1) is 15.9. The zero-order chi connectivity index (χ0) is 15.8. The van der Waals surface area contributed by atoms with Gasteiger partial charge in [-0.25, -0.2) is 0 Å². The molecule has 0 atom stereocenters. The normalized spacial score (nSPS) is 10.2. The number of nitrogen functional groups attached to an aromatic ring is 1. The molecule has 0 spiro atoms. The number of hydrogen-bond acceptors (Lipinski definition) is 4. The first-order valence-corrected chi connectivity index (χ1v) is 7.04. The van der Waals surface area contributed by atoms with Crippen LogP contribution >= 0.6 is 0 Å². The first-order chi connectivity index (χ1) is 10.7. The minimum absolute atomic E-state index is 0.182. The molecule has 0 aliphatic carbocycles. The van der Waals surface area contributed by atoms with Crippen molar-refractivity contribution in [3.63, 3.8) is 0 Å². The van der Waals surface area contributed by atoms with E-state index in [2.05, 4.69) is 5.32 Å². The van der Waals surface area contributed by atoms with Crippen molar-refractivity contribution in [2.45, 2.75) is 6.61 Å². The number of anilines is 1. The lowest BCUT2D eigenvalue weighted by Crippen LogP contribution is -2.26. The molecule has 2 aromatic rings. The Balaban J connectivity index is 1.96.